The number of imidazole rings is 1. The Balaban J connectivity index is 1.54. The Labute approximate surface area is 174 Å². The van der Waals surface area contributed by atoms with Crippen molar-refractivity contribution in [1.82, 2.24) is 9.38 Å². The summed E-state index contributed by atoms with van der Waals surface area (Å²) in [7, 11) is 1.60. The van der Waals surface area contributed by atoms with E-state index in [-0.39, 0.29) is 12.3 Å². The van der Waals surface area contributed by atoms with Crippen molar-refractivity contribution in [2.45, 2.75) is 26.7 Å². The largest absolute Gasteiger partial charge is 0.495 e. The summed E-state index contributed by atoms with van der Waals surface area (Å²) in [5.41, 5.74) is 5.97. The summed E-state index contributed by atoms with van der Waals surface area (Å²) in [4.78, 5) is 18.3. The summed E-state index contributed by atoms with van der Waals surface area (Å²) >= 11 is 1.54. The number of thiazole rings is 1. The Morgan fingerprint density at radius 3 is 2.72 bits per heavy atom. The van der Waals surface area contributed by atoms with E-state index in [1.165, 1.54) is 5.56 Å². The zero-order chi connectivity index (χ0) is 20.4. The second-order valence-corrected chi connectivity index (χ2v) is 7.82. The average molecular weight is 406 g/mol. The molecule has 5 nitrogen and oxygen atoms in total. The van der Waals surface area contributed by atoms with Crippen LogP contribution in [0.4, 0.5) is 5.69 Å². The standard InChI is InChI=1S/C23H23N3O2S/c1-4-16-6-8-17(9-7-16)20-13-26-18(14-29-23(26)25-20)12-22(27)24-19-11-15(2)5-10-21(19)28-3/h5-11,13-14H,4,12H2,1-3H3,(H,24,27). The number of benzene rings is 2. The third-order valence-electron chi connectivity index (χ3n) is 4.91. The summed E-state index contributed by atoms with van der Waals surface area (Å²) in [6.07, 6.45) is 3.29. The van der Waals surface area contributed by atoms with Gasteiger partial charge in [-0.25, -0.2) is 4.98 Å². The molecule has 148 valence electrons. The van der Waals surface area contributed by atoms with Gasteiger partial charge in [0.05, 0.1) is 24.9 Å². The number of anilines is 1. The number of aromatic nitrogens is 2. The number of rotatable bonds is 6. The van der Waals surface area contributed by atoms with E-state index < -0.39 is 0 Å². The number of methoxy groups -OCH3 is 1. The predicted molar refractivity (Wildman–Crippen MR) is 118 cm³/mol. The first-order valence-corrected chi connectivity index (χ1v) is 10.4. The highest BCUT2D eigenvalue weighted by atomic mass is 32.1. The van der Waals surface area contributed by atoms with Gasteiger partial charge in [-0.15, -0.1) is 11.3 Å². The minimum atomic E-state index is -0.0869. The summed E-state index contributed by atoms with van der Waals surface area (Å²) in [5.74, 6) is 0.566. The van der Waals surface area contributed by atoms with Crippen molar-refractivity contribution in [3.8, 4) is 17.0 Å². The van der Waals surface area contributed by atoms with Gasteiger partial charge >= 0.3 is 0 Å². The summed E-state index contributed by atoms with van der Waals surface area (Å²) in [6.45, 7) is 4.13. The molecule has 0 saturated carbocycles. The van der Waals surface area contributed by atoms with Gasteiger partial charge in [0.2, 0.25) is 5.91 Å². The van der Waals surface area contributed by atoms with Gasteiger partial charge in [0.15, 0.2) is 4.96 Å². The number of carbonyl (C=O) groups is 1. The van der Waals surface area contributed by atoms with E-state index >= 15 is 0 Å². The van der Waals surface area contributed by atoms with Crippen LogP contribution >= 0.6 is 11.3 Å². The van der Waals surface area contributed by atoms with Gasteiger partial charge in [-0.1, -0.05) is 37.3 Å². The third-order valence-corrected chi connectivity index (χ3v) is 5.80. The molecular formula is C23H23N3O2S. The molecule has 2 heterocycles. The molecule has 1 N–H and O–H groups in total. The number of aryl methyl sites for hydroxylation is 2. The molecule has 0 bridgehead atoms. The first-order chi connectivity index (χ1) is 14.1. The molecule has 0 fully saturated rings. The van der Waals surface area contributed by atoms with Crippen molar-refractivity contribution in [3.05, 3.63) is 70.9 Å². The summed E-state index contributed by atoms with van der Waals surface area (Å²) < 4.78 is 7.35. The average Bonchev–Trinajstić information content (AvgIpc) is 3.30. The van der Waals surface area contributed by atoms with Crippen LogP contribution in [0.3, 0.4) is 0 Å². The monoisotopic (exact) mass is 405 g/mol. The molecule has 2 aromatic carbocycles. The van der Waals surface area contributed by atoms with E-state index in [1.807, 2.05) is 41.1 Å². The van der Waals surface area contributed by atoms with Gasteiger partial charge < -0.3 is 10.1 Å². The first-order valence-electron chi connectivity index (χ1n) is 9.56. The second-order valence-electron chi connectivity index (χ2n) is 6.98. The molecule has 0 atom stereocenters. The molecular weight excluding hydrogens is 382 g/mol. The first kappa shape index (κ1) is 19.2. The SMILES string of the molecule is CCc1ccc(-c2cn3c(CC(=O)Nc4cc(C)ccc4OC)csc3n2)cc1. The molecule has 2 aromatic heterocycles. The van der Waals surface area contributed by atoms with Crippen LogP contribution in [-0.2, 0) is 17.6 Å². The normalized spacial score (nSPS) is 11.0. The molecule has 4 rings (SSSR count). The van der Waals surface area contributed by atoms with Gasteiger partial charge in [0, 0.05) is 22.8 Å². The Morgan fingerprint density at radius 2 is 2.00 bits per heavy atom. The van der Waals surface area contributed by atoms with E-state index in [4.69, 9.17) is 9.72 Å². The minimum Gasteiger partial charge on any atom is -0.495 e. The smallest absolute Gasteiger partial charge is 0.230 e. The lowest BCUT2D eigenvalue weighted by Gasteiger charge is -2.10. The highest BCUT2D eigenvalue weighted by Crippen LogP contribution is 2.27. The van der Waals surface area contributed by atoms with Gasteiger partial charge in [-0.2, -0.15) is 0 Å². The number of fused-ring (bicyclic) bond motifs is 1. The van der Waals surface area contributed by atoms with Crippen LogP contribution in [-0.4, -0.2) is 22.4 Å². The van der Waals surface area contributed by atoms with Crippen molar-refractivity contribution < 1.29 is 9.53 Å². The molecule has 0 aliphatic rings. The Morgan fingerprint density at radius 1 is 1.21 bits per heavy atom. The Hall–Kier alpha value is -3.12. The van der Waals surface area contributed by atoms with Crippen LogP contribution in [0.1, 0.15) is 23.7 Å². The molecule has 0 radical (unpaired) electrons. The zero-order valence-corrected chi connectivity index (χ0v) is 17.5. The molecule has 0 aliphatic heterocycles. The maximum Gasteiger partial charge on any atom is 0.230 e. The molecule has 0 aliphatic carbocycles. The molecule has 0 spiro atoms. The van der Waals surface area contributed by atoms with E-state index in [0.717, 1.165) is 33.9 Å². The second kappa shape index (κ2) is 8.09. The Bertz CT molecular complexity index is 1160. The Kier molecular flexibility index (Phi) is 5.36. The van der Waals surface area contributed by atoms with Crippen molar-refractivity contribution in [3.63, 3.8) is 0 Å². The lowest BCUT2D eigenvalue weighted by molar-refractivity contribution is -0.115. The van der Waals surface area contributed by atoms with E-state index in [9.17, 15) is 4.79 Å². The maximum atomic E-state index is 12.7. The fourth-order valence-electron chi connectivity index (χ4n) is 3.29. The van der Waals surface area contributed by atoms with E-state index in [1.54, 1.807) is 18.4 Å². The van der Waals surface area contributed by atoms with Gasteiger partial charge in [-0.3, -0.25) is 9.20 Å². The fraction of sp³-hybridized carbons (Fsp3) is 0.217. The third kappa shape index (κ3) is 4.03. The number of nitrogens with one attached hydrogen (secondary N) is 1. The number of ether oxygens (including phenoxy) is 1. The molecule has 0 saturated heterocycles. The summed E-state index contributed by atoms with van der Waals surface area (Å²) in [6, 6.07) is 14.2. The van der Waals surface area contributed by atoms with Crippen molar-refractivity contribution in [2.24, 2.45) is 0 Å². The maximum absolute atomic E-state index is 12.7. The van der Waals surface area contributed by atoms with Crippen LogP contribution in [0.15, 0.2) is 54.0 Å². The topological polar surface area (TPSA) is 55.6 Å². The predicted octanol–water partition coefficient (Wildman–Crippen LogP) is 5.12. The number of nitrogens with zero attached hydrogens (tertiary/aromatic N) is 2. The molecule has 29 heavy (non-hydrogen) atoms. The number of hydrogen-bond acceptors (Lipinski definition) is 4. The van der Waals surface area contributed by atoms with Crippen LogP contribution in [0.5, 0.6) is 5.75 Å². The molecule has 1 amide bonds. The van der Waals surface area contributed by atoms with Crippen molar-refractivity contribution >= 4 is 27.9 Å². The van der Waals surface area contributed by atoms with Gasteiger partial charge in [-0.05, 0) is 36.6 Å². The lowest BCUT2D eigenvalue weighted by atomic mass is 10.1. The van der Waals surface area contributed by atoms with Crippen LogP contribution in [0, 0.1) is 6.92 Å². The quantitative estimate of drug-likeness (QED) is 0.484. The van der Waals surface area contributed by atoms with Crippen molar-refractivity contribution in [2.75, 3.05) is 12.4 Å². The highest BCUT2D eigenvalue weighted by molar-refractivity contribution is 7.15. The minimum absolute atomic E-state index is 0.0869. The lowest BCUT2D eigenvalue weighted by Crippen LogP contribution is -2.16. The number of amides is 1. The van der Waals surface area contributed by atoms with E-state index in [0.29, 0.717) is 11.4 Å². The zero-order valence-electron chi connectivity index (χ0n) is 16.7. The molecule has 6 heteroatoms. The molecule has 0 unspecified atom stereocenters. The van der Waals surface area contributed by atoms with Crippen LogP contribution in [0.2, 0.25) is 0 Å². The van der Waals surface area contributed by atoms with Crippen LogP contribution in [0.25, 0.3) is 16.2 Å². The van der Waals surface area contributed by atoms with E-state index in [2.05, 4.69) is 36.5 Å². The summed E-state index contributed by atoms with van der Waals surface area (Å²) in [5, 5.41) is 4.95. The molecule has 4 aromatic rings. The van der Waals surface area contributed by atoms with Crippen LogP contribution < -0.4 is 10.1 Å². The van der Waals surface area contributed by atoms with Gasteiger partial charge in [0.1, 0.15) is 5.75 Å². The number of carbonyl (C=O) groups excluding carboxylic acids is 1. The fourth-order valence-corrected chi connectivity index (χ4v) is 4.16. The van der Waals surface area contributed by atoms with Gasteiger partial charge in [0.25, 0.3) is 0 Å². The highest BCUT2D eigenvalue weighted by Gasteiger charge is 2.14. The number of hydrogen-bond donors (Lipinski definition) is 1. The van der Waals surface area contributed by atoms with Crippen molar-refractivity contribution in [1.29, 1.82) is 0 Å².